The van der Waals surface area contributed by atoms with E-state index in [0.717, 1.165) is 19.0 Å². The largest absolute Gasteiger partial charge is 0.502 e. The van der Waals surface area contributed by atoms with Crippen molar-refractivity contribution in [2.45, 2.75) is 33.6 Å². The number of rotatable bonds is 2. The lowest BCUT2D eigenvalue weighted by Crippen LogP contribution is -2.26. The van der Waals surface area contributed by atoms with Crippen LogP contribution in [0.2, 0.25) is 0 Å². The Morgan fingerprint density at radius 3 is 2.88 bits per heavy atom. The second-order valence-electron chi connectivity index (χ2n) is 4.98. The number of hydrogen-bond donors (Lipinski definition) is 1. The average molecular weight is 219 g/mol. The monoisotopic (exact) mass is 219 g/mol. The van der Waals surface area contributed by atoms with Crippen LogP contribution in [0.3, 0.4) is 0 Å². The molecule has 0 aliphatic heterocycles. The molecule has 1 unspecified atom stereocenters. The highest BCUT2D eigenvalue weighted by Gasteiger charge is 2.30. The Hall–Kier alpha value is -1.56. The van der Waals surface area contributed by atoms with E-state index in [9.17, 15) is 5.11 Å². The highest BCUT2D eigenvalue weighted by Crippen LogP contribution is 2.41. The average Bonchev–Trinajstić information content (AvgIpc) is 2.16. The standard InChI is InChI=1S/C13H18N2O/c1-10-5-4-8-13(2,3)12(10)7-6-11(16)9-15-14/h5-7,9,12H,4,8H2,1-3H3/p+1/b7-6+,11-9+. The maximum absolute atomic E-state index is 9.34. The van der Waals surface area contributed by atoms with E-state index in [2.05, 4.69) is 31.8 Å². The highest BCUT2D eigenvalue weighted by molar-refractivity contribution is 5.23. The fraction of sp³-hybridized carbons (Fsp3) is 0.538. The van der Waals surface area contributed by atoms with E-state index in [0.29, 0.717) is 5.92 Å². The summed E-state index contributed by atoms with van der Waals surface area (Å²) in [6.07, 6.45) is 9.10. The lowest BCUT2D eigenvalue weighted by Gasteiger charge is -2.36. The maximum atomic E-state index is 9.34. The number of aliphatic hydroxyl groups is 1. The van der Waals surface area contributed by atoms with E-state index in [4.69, 9.17) is 5.39 Å². The molecular weight excluding hydrogens is 200 g/mol. The van der Waals surface area contributed by atoms with Crippen molar-refractivity contribution in [3.63, 3.8) is 0 Å². The molecule has 1 atom stereocenters. The van der Waals surface area contributed by atoms with Gasteiger partial charge in [-0.05, 0) is 31.3 Å². The molecule has 1 rings (SSSR count). The lowest BCUT2D eigenvalue weighted by atomic mass is 9.68. The maximum Gasteiger partial charge on any atom is 0.391 e. The van der Waals surface area contributed by atoms with E-state index in [-0.39, 0.29) is 11.2 Å². The van der Waals surface area contributed by atoms with Crippen LogP contribution >= 0.6 is 0 Å². The third kappa shape index (κ3) is 2.96. The lowest BCUT2D eigenvalue weighted by molar-refractivity contribution is 0.255. The molecule has 0 saturated heterocycles. The van der Waals surface area contributed by atoms with Crippen molar-refractivity contribution in [3.8, 4) is 0 Å². The molecule has 1 aliphatic rings. The molecule has 3 nitrogen and oxygen atoms in total. The summed E-state index contributed by atoms with van der Waals surface area (Å²) in [7, 11) is 0. The van der Waals surface area contributed by atoms with Gasteiger partial charge in [0.25, 0.3) is 0 Å². The molecule has 0 aromatic heterocycles. The van der Waals surface area contributed by atoms with Crippen LogP contribution in [0.1, 0.15) is 33.6 Å². The van der Waals surface area contributed by atoms with E-state index in [1.165, 1.54) is 5.57 Å². The molecular formula is C13H19N2O+. The van der Waals surface area contributed by atoms with Crippen LogP contribution in [-0.2, 0) is 0 Å². The van der Waals surface area contributed by atoms with Gasteiger partial charge in [-0.25, -0.2) is 0 Å². The Kier molecular flexibility index (Phi) is 3.89. The molecule has 86 valence electrons. The Morgan fingerprint density at radius 2 is 2.31 bits per heavy atom. The van der Waals surface area contributed by atoms with E-state index >= 15 is 0 Å². The summed E-state index contributed by atoms with van der Waals surface area (Å²) in [5.41, 5.74) is 1.55. The minimum Gasteiger partial charge on any atom is -0.502 e. The smallest absolute Gasteiger partial charge is 0.391 e. The summed E-state index contributed by atoms with van der Waals surface area (Å²) in [6.45, 7) is 6.58. The van der Waals surface area contributed by atoms with Gasteiger partial charge in [0.2, 0.25) is 11.2 Å². The van der Waals surface area contributed by atoms with Gasteiger partial charge in [0.1, 0.15) is 0 Å². The molecule has 0 aromatic rings. The molecule has 0 bridgehead atoms. The second-order valence-corrected chi connectivity index (χ2v) is 4.98. The summed E-state index contributed by atoms with van der Waals surface area (Å²) in [4.78, 5) is 2.78. The SMILES string of the molecule is CC1=CCCC(C)(C)C1/C=C/C(O)=C\[N+]#N. The summed E-state index contributed by atoms with van der Waals surface area (Å²) in [5, 5.41) is 17.6. The van der Waals surface area contributed by atoms with Gasteiger partial charge in [-0.2, -0.15) is 0 Å². The molecule has 0 spiro atoms. The van der Waals surface area contributed by atoms with Crippen molar-refractivity contribution >= 4 is 0 Å². The van der Waals surface area contributed by atoms with Crippen LogP contribution in [0.25, 0.3) is 4.98 Å². The first-order valence-corrected chi connectivity index (χ1v) is 5.55. The van der Waals surface area contributed by atoms with Crippen LogP contribution in [-0.4, -0.2) is 5.11 Å². The van der Waals surface area contributed by atoms with Gasteiger partial charge in [0.05, 0.1) is 0 Å². The van der Waals surface area contributed by atoms with Crippen molar-refractivity contribution < 1.29 is 5.11 Å². The minimum absolute atomic E-state index is 0.0309. The van der Waals surface area contributed by atoms with Crippen LogP contribution < -0.4 is 0 Å². The van der Waals surface area contributed by atoms with Gasteiger partial charge < -0.3 is 5.11 Å². The van der Waals surface area contributed by atoms with E-state index < -0.39 is 0 Å². The molecule has 0 saturated carbocycles. The predicted molar refractivity (Wildman–Crippen MR) is 65.2 cm³/mol. The normalized spacial score (nSPS) is 25.2. The number of diazo groups is 1. The molecule has 1 N–H and O–H groups in total. The first-order chi connectivity index (χ1) is 7.47. The van der Waals surface area contributed by atoms with Crippen molar-refractivity contribution in [2.75, 3.05) is 0 Å². The van der Waals surface area contributed by atoms with Crippen molar-refractivity contribution in [3.05, 3.63) is 40.7 Å². The van der Waals surface area contributed by atoms with Crippen LogP contribution in [0.4, 0.5) is 0 Å². The molecule has 0 fully saturated rings. The number of nitrogens with zero attached hydrogens (tertiary/aromatic N) is 2. The van der Waals surface area contributed by atoms with Crippen molar-refractivity contribution in [1.82, 2.24) is 0 Å². The molecule has 0 amide bonds. The van der Waals surface area contributed by atoms with E-state index in [1.807, 2.05) is 6.08 Å². The third-order valence-corrected chi connectivity index (χ3v) is 3.24. The predicted octanol–water partition coefficient (Wildman–Crippen LogP) is 4.18. The van der Waals surface area contributed by atoms with Gasteiger partial charge in [-0.3, -0.25) is 0 Å². The Bertz CT molecular complexity index is 383. The number of aliphatic hydroxyl groups excluding tert-OH is 1. The van der Waals surface area contributed by atoms with Gasteiger partial charge in [0, 0.05) is 5.92 Å². The molecule has 3 heteroatoms. The molecule has 0 radical (unpaired) electrons. The first kappa shape index (κ1) is 12.5. The quantitative estimate of drug-likeness (QED) is 0.328. The Morgan fingerprint density at radius 1 is 1.62 bits per heavy atom. The highest BCUT2D eigenvalue weighted by atomic mass is 16.3. The Labute approximate surface area is 96.8 Å². The van der Waals surface area contributed by atoms with Gasteiger partial charge >= 0.3 is 6.20 Å². The molecule has 0 aromatic carbocycles. The Balaban J connectivity index is 2.86. The van der Waals surface area contributed by atoms with Crippen LogP contribution in [0, 0.1) is 16.7 Å². The van der Waals surface area contributed by atoms with Crippen molar-refractivity contribution in [2.24, 2.45) is 11.3 Å². The summed E-state index contributed by atoms with van der Waals surface area (Å²) in [6, 6.07) is 0. The fourth-order valence-corrected chi connectivity index (χ4v) is 2.28. The van der Waals surface area contributed by atoms with Gasteiger partial charge in [-0.1, -0.05) is 31.6 Å². The molecule has 1 aliphatic carbocycles. The van der Waals surface area contributed by atoms with E-state index in [1.54, 1.807) is 6.08 Å². The third-order valence-electron chi connectivity index (χ3n) is 3.24. The van der Waals surface area contributed by atoms with Crippen molar-refractivity contribution in [1.29, 1.82) is 5.39 Å². The van der Waals surface area contributed by atoms with Crippen LogP contribution in [0.5, 0.6) is 0 Å². The summed E-state index contributed by atoms with van der Waals surface area (Å²) >= 11 is 0. The zero-order valence-electron chi connectivity index (χ0n) is 10.1. The zero-order valence-corrected chi connectivity index (χ0v) is 10.1. The summed E-state index contributed by atoms with van der Waals surface area (Å²) in [5.74, 6) is 0.298. The van der Waals surface area contributed by atoms with Gasteiger partial charge in [0.15, 0.2) is 4.98 Å². The topological polar surface area (TPSA) is 48.4 Å². The molecule has 16 heavy (non-hydrogen) atoms. The zero-order chi connectivity index (χ0) is 12.2. The van der Waals surface area contributed by atoms with Gasteiger partial charge in [-0.15, -0.1) is 0 Å². The van der Waals surface area contributed by atoms with Crippen LogP contribution in [0.15, 0.2) is 35.8 Å². The number of allylic oxidation sites excluding steroid dienone is 4. The number of hydrogen-bond acceptors (Lipinski definition) is 2. The summed E-state index contributed by atoms with van der Waals surface area (Å²) < 4.78 is 0. The second kappa shape index (κ2) is 4.98. The minimum atomic E-state index is -0.0309. The fourth-order valence-electron chi connectivity index (χ4n) is 2.28. The first-order valence-electron chi connectivity index (χ1n) is 5.55. The molecule has 0 heterocycles.